The molecule has 1 N–H and O–H groups in total. The number of amides is 1. The number of carbonyl (C=O) groups excluding carboxylic acids is 1. The fraction of sp³-hybridized carbons (Fsp3) is 0.211. The number of rotatable bonds is 6. The van der Waals surface area contributed by atoms with Gasteiger partial charge in [0.25, 0.3) is 5.56 Å². The lowest BCUT2D eigenvalue weighted by atomic mass is 10.2. The van der Waals surface area contributed by atoms with Crippen molar-refractivity contribution < 1.29 is 4.79 Å². The van der Waals surface area contributed by atoms with E-state index in [1.165, 1.54) is 23.1 Å². The van der Waals surface area contributed by atoms with E-state index in [1.807, 2.05) is 13.8 Å². The third-order valence-corrected chi connectivity index (χ3v) is 6.32. The van der Waals surface area contributed by atoms with Crippen molar-refractivity contribution in [1.29, 1.82) is 0 Å². The second kappa shape index (κ2) is 8.29. The summed E-state index contributed by atoms with van der Waals surface area (Å²) in [6, 6.07) is 6.96. The van der Waals surface area contributed by atoms with E-state index in [-0.39, 0.29) is 17.2 Å². The van der Waals surface area contributed by atoms with Crippen LogP contribution in [0.15, 0.2) is 46.9 Å². The van der Waals surface area contributed by atoms with Crippen molar-refractivity contribution in [2.45, 2.75) is 25.5 Å². The second-order valence-corrected chi connectivity index (χ2v) is 8.49. The van der Waals surface area contributed by atoms with E-state index in [4.69, 9.17) is 11.6 Å². The first-order valence-corrected chi connectivity index (χ1v) is 10.4. The number of halogens is 1. The summed E-state index contributed by atoms with van der Waals surface area (Å²) in [4.78, 5) is 31.6. The number of nitrogens with one attached hydrogen (secondary N) is 1. The molecule has 1 aromatic carbocycles. The lowest BCUT2D eigenvalue weighted by molar-refractivity contribution is -0.113. The van der Waals surface area contributed by atoms with Crippen LogP contribution in [0, 0.1) is 13.8 Å². The number of aromatic nitrogens is 2. The van der Waals surface area contributed by atoms with E-state index in [0.29, 0.717) is 32.6 Å². The average molecular weight is 420 g/mol. The summed E-state index contributed by atoms with van der Waals surface area (Å²) >= 11 is 8.65. The predicted octanol–water partition coefficient (Wildman–Crippen LogP) is 4.65. The number of allylic oxidation sites excluding steroid dienone is 1. The Balaban J connectivity index is 1.85. The highest BCUT2D eigenvalue weighted by Crippen LogP contribution is 2.28. The van der Waals surface area contributed by atoms with Gasteiger partial charge in [-0.1, -0.05) is 35.5 Å². The molecule has 0 aliphatic carbocycles. The number of anilines is 1. The van der Waals surface area contributed by atoms with Crippen LogP contribution >= 0.6 is 34.7 Å². The number of hydrogen-bond acceptors (Lipinski definition) is 5. The van der Waals surface area contributed by atoms with E-state index in [9.17, 15) is 9.59 Å². The maximum atomic E-state index is 12.9. The molecular formula is C19H18ClN3O2S2. The number of carbonyl (C=O) groups is 1. The van der Waals surface area contributed by atoms with Gasteiger partial charge >= 0.3 is 0 Å². The lowest BCUT2D eigenvalue weighted by Crippen LogP contribution is -2.23. The summed E-state index contributed by atoms with van der Waals surface area (Å²) in [5, 5.41) is 4.50. The smallest absolute Gasteiger partial charge is 0.263 e. The van der Waals surface area contributed by atoms with Gasteiger partial charge in [0.1, 0.15) is 4.83 Å². The Morgan fingerprint density at radius 1 is 1.44 bits per heavy atom. The van der Waals surface area contributed by atoms with Crippen LogP contribution in [0.25, 0.3) is 10.2 Å². The van der Waals surface area contributed by atoms with Crippen molar-refractivity contribution in [3.8, 4) is 0 Å². The molecule has 0 bridgehead atoms. The molecule has 3 rings (SSSR count). The number of hydrogen-bond donors (Lipinski definition) is 1. The first kappa shape index (κ1) is 19.7. The highest BCUT2D eigenvalue weighted by molar-refractivity contribution is 7.99. The Labute approximate surface area is 170 Å². The molecule has 0 atom stereocenters. The molecule has 2 heterocycles. The van der Waals surface area contributed by atoms with Gasteiger partial charge in [-0.15, -0.1) is 17.9 Å². The Morgan fingerprint density at radius 3 is 2.93 bits per heavy atom. The number of thioether (sulfide) groups is 1. The fourth-order valence-electron chi connectivity index (χ4n) is 2.60. The normalized spacial score (nSPS) is 10.9. The molecule has 0 unspecified atom stereocenters. The third-order valence-electron chi connectivity index (χ3n) is 4.01. The summed E-state index contributed by atoms with van der Waals surface area (Å²) in [6.07, 6.45) is 1.65. The molecule has 27 heavy (non-hydrogen) atoms. The largest absolute Gasteiger partial charge is 0.325 e. The number of thiophene rings is 1. The zero-order chi connectivity index (χ0) is 19.6. The van der Waals surface area contributed by atoms with Crippen molar-refractivity contribution >= 4 is 56.5 Å². The monoisotopic (exact) mass is 419 g/mol. The molecule has 5 nitrogen and oxygen atoms in total. The quantitative estimate of drug-likeness (QED) is 0.359. The number of nitrogens with zero attached hydrogens (tertiary/aromatic N) is 2. The third kappa shape index (κ3) is 4.26. The maximum absolute atomic E-state index is 12.9. The summed E-state index contributed by atoms with van der Waals surface area (Å²) in [5.74, 6) is -0.0643. The summed E-state index contributed by atoms with van der Waals surface area (Å²) in [6.45, 7) is 7.97. The molecule has 0 fully saturated rings. The Hall–Kier alpha value is -2.09. The predicted molar refractivity (Wildman–Crippen MR) is 114 cm³/mol. The summed E-state index contributed by atoms with van der Waals surface area (Å²) in [5.41, 5.74) is 1.49. The van der Waals surface area contributed by atoms with E-state index in [2.05, 4.69) is 16.9 Å². The first-order valence-electron chi connectivity index (χ1n) is 8.20. The molecule has 2 aromatic heterocycles. The molecule has 140 valence electrons. The van der Waals surface area contributed by atoms with E-state index in [1.54, 1.807) is 34.9 Å². The molecule has 0 aliphatic rings. The molecule has 0 saturated carbocycles. The van der Waals surface area contributed by atoms with Gasteiger partial charge in [-0.05, 0) is 37.6 Å². The van der Waals surface area contributed by atoms with Crippen LogP contribution in [0.3, 0.4) is 0 Å². The molecular weight excluding hydrogens is 402 g/mol. The van der Waals surface area contributed by atoms with Gasteiger partial charge < -0.3 is 5.32 Å². The number of aryl methyl sites for hydroxylation is 2. The average Bonchev–Trinajstić information content (AvgIpc) is 2.90. The molecule has 0 aliphatic heterocycles. The molecule has 0 radical (unpaired) electrons. The zero-order valence-corrected chi connectivity index (χ0v) is 17.3. The van der Waals surface area contributed by atoms with Gasteiger partial charge in [-0.25, -0.2) is 4.98 Å². The van der Waals surface area contributed by atoms with Crippen molar-refractivity contribution in [3.63, 3.8) is 0 Å². The van der Waals surface area contributed by atoms with Crippen LogP contribution in [-0.2, 0) is 11.3 Å². The number of benzene rings is 1. The van der Waals surface area contributed by atoms with Gasteiger partial charge in [0, 0.05) is 22.1 Å². The van der Waals surface area contributed by atoms with Crippen LogP contribution in [0.5, 0.6) is 0 Å². The first-order chi connectivity index (χ1) is 12.9. The molecule has 8 heteroatoms. The topological polar surface area (TPSA) is 64.0 Å². The molecule has 0 saturated heterocycles. The van der Waals surface area contributed by atoms with Gasteiger partial charge in [0.2, 0.25) is 5.91 Å². The number of fused-ring (bicyclic) bond motifs is 1. The van der Waals surface area contributed by atoms with Crippen molar-refractivity contribution in [2.75, 3.05) is 11.1 Å². The van der Waals surface area contributed by atoms with Gasteiger partial charge in [-0.2, -0.15) is 0 Å². The summed E-state index contributed by atoms with van der Waals surface area (Å²) in [7, 11) is 0. The van der Waals surface area contributed by atoms with Crippen LogP contribution in [0.4, 0.5) is 5.69 Å². The minimum absolute atomic E-state index is 0.0977. The van der Waals surface area contributed by atoms with Crippen molar-refractivity contribution in [3.05, 3.63) is 62.7 Å². The minimum Gasteiger partial charge on any atom is -0.325 e. The van der Waals surface area contributed by atoms with Crippen molar-refractivity contribution in [2.24, 2.45) is 0 Å². The van der Waals surface area contributed by atoms with Crippen LogP contribution in [0.1, 0.15) is 10.4 Å². The van der Waals surface area contributed by atoms with Crippen LogP contribution < -0.4 is 10.9 Å². The van der Waals surface area contributed by atoms with Gasteiger partial charge in [-0.3, -0.25) is 14.2 Å². The fourth-order valence-corrected chi connectivity index (χ4v) is 4.67. The molecule has 1 amide bonds. The highest BCUT2D eigenvalue weighted by Gasteiger charge is 2.17. The maximum Gasteiger partial charge on any atom is 0.263 e. The second-order valence-electron chi connectivity index (χ2n) is 5.91. The van der Waals surface area contributed by atoms with Crippen LogP contribution in [-0.4, -0.2) is 21.2 Å². The van der Waals surface area contributed by atoms with Crippen LogP contribution in [0.2, 0.25) is 5.02 Å². The highest BCUT2D eigenvalue weighted by atomic mass is 35.5. The van der Waals surface area contributed by atoms with E-state index >= 15 is 0 Å². The lowest BCUT2D eigenvalue weighted by Gasteiger charge is -2.10. The van der Waals surface area contributed by atoms with E-state index < -0.39 is 0 Å². The van der Waals surface area contributed by atoms with Crippen molar-refractivity contribution in [1.82, 2.24) is 9.55 Å². The molecule has 0 spiro atoms. The SMILES string of the molecule is C=CCn1c(SCC(=O)Nc2cccc(Cl)c2)nc2sc(C)c(C)c2c1=O. The van der Waals surface area contributed by atoms with E-state index in [0.717, 1.165) is 10.4 Å². The van der Waals surface area contributed by atoms with Gasteiger partial charge in [0.15, 0.2) is 5.16 Å². The summed E-state index contributed by atoms with van der Waals surface area (Å²) < 4.78 is 1.56. The Morgan fingerprint density at radius 2 is 2.22 bits per heavy atom. The minimum atomic E-state index is -0.194. The Kier molecular flexibility index (Phi) is 6.04. The molecule has 3 aromatic rings. The van der Waals surface area contributed by atoms with Gasteiger partial charge in [0.05, 0.1) is 11.1 Å². The Bertz CT molecular complexity index is 1090. The zero-order valence-electron chi connectivity index (χ0n) is 14.9. The standard InChI is InChI=1S/C19H18ClN3O2S2/c1-4-8-23-18(25)16-11(2)12(3)27-17(16)22-19(23)26-10-15(24)21-14-7-5-6-13(20)9-14/h4-7,9H,1,8,10H2,2-3H3,(H,21,24).